The van der Waals surface area contributed by atoms with Crippen LogP contribution in [-0.2, 0) is 19.2 Å². The van der Waals surface area contributed by atoms with Crippen molar-refractivity contribution in [3.8, 4) is 0 Å². The minimum absolute atomic E-state index is 0.0646. The van der Waals surface area contributed by atoms with Crippen molar-refractivity contribution in [3.05, 3.63) is 0 Å². The van der Waals surface area contributed by atoms with Crippen LogP contribution >= 0.6 is 0 Å². The first kappa shape index (κ1) is 25.1. The Bertz CT molecular complexity index is 570. The molecule has 0 aromatic heterocycles. The van der Waals surface area contributed by atoms with Crippen LogP contribution in [0.2, 0.25) is 0 Å². The van der Waals surface area contributed by atoms with Crippen molar-refractivity contribution in [2.75, 3.05) is 19.6 Å². The molecule has 0 radical (unpaired) electrons. The lowest BCUT2D eigenvalue weighted by atomic mass is 9.97. The number of primary amides is 1. The molecule has 0 aliphatic rings. The van der Waals surface area contributed by atoms with Gasteiger partial charge in [0.15, 0.2) is 0 Å². The number of carboxylic acid groups (broad SMARTS) is 1. The molecule has 5 amide bonds. The fraction of sp³-hybridized carbons (Fsp3) is 0.688. The van der Waals surface area contributed by atoms with Gasteiger partial charge in [-0.3, -0.25) is 14.4 Å². The third kappa shape index (κ3) is 10.3. The van der Waals surface area contributed by atoms with Gasteiger partial charge in [0.1, 0.15) is 12.1 Å². The van der Waals surface area contributed by atoms with Gasteiger partial charge < -0.3 is 37.8 Å². The van der Waals surface area contributed by atoms with Crippen molar-refractivity contribution in [2.24, 2.45) is 17.4 Å². The van der Waals surface area contributed by atoms with Gasteiger partial charge >= 0.3 is 12.0 Å². The third-order valence-electron chi connectivity index (χ3n) is 4.03. The molecule has 0 aliphatic carbocycles. The molecule has 160 valence electrons. The number of carbonyl (C=O) groups is 5. The summed E-state index contributed by atoms with van der Waals surface area (Å²) in [6, 6.07) is -2.89. The summed E-state index contributed by atoms with van der Waals surface area (Å²) in [6.07, 6.45) is 0.897. The molecule has 0 bridgehead atoms. The monoisotopic (exact) mass is 402 g/mol. The van der Waals surface area contributed by atoms with Gasteiger partial charge in [-0.1, -0.05) is 20.3 Å². The van der Waals surface area contributed by atoms with E-state index in [1.54, 1.807) is 6.92 Å². The summed E-state index contributed by atoms with van der Waals surface area (Å²) >= 11 is 0. The van der Waals surface area contributed by atoms with Gasteiger partial charge in [-0.2, -0.15) is 0 Å². The highest BCUT2D eigenvalue weighted by molar-refractivity contribution is 5.92. The van der Waals surface area contributed by atoms with Crippen molar-refractivity contribution in [1.82, 2.24) is 21.3 Å². The Morgan fingerprint density at radius 2 is 1.68 bits per heavy atom. The van der Waals surface area contributed by atoms with Crippen molar-refractivity contribution in [2.45, 2.75) is 45.2 Å². The number of carbonyl (C=O) groups excluding carboxylic acids is 4. The molecule has 0 fully saturated rings. The second-order valence-corrected chi connectivity index (χ2v) is 6.24. The molecule has 28 heavy (non-hydrogen) atoms. The molecule has 12 heteroatoms. The fourth-order valence-electron chi connectivity index (χ4n) is 2.21. The first-order chi connectivity index (χ1) is 13.1. The van der Waals surface area contributed by atoms with Crippen LogP contribution in [0, 0.1) is 5.92 Å². The SMILES string of the molecule is CC[C@H](C)[C@H](NC(=O)CNC(=O)CN)C(=O)N[C@@H](CCCNC(N)=O)C(=O)O. The second kappa shape index (κ2) is 13.3. The number of hydrogen-bond donors (Lipinski definition) is 7. The maximum Gasteiger partial charge on any atom is 0.326 e. The highest BCUT2D eigenvalue weighted by Gasteiger charge is 2.29. The minimum atomic E-state index is -1.24. The van der Waals surface area contributed by atoms with E-state index in [1.165, 1.54) is 0 Å². The number of carboxylic acids is 1. The molecule has 0 rings (SSSR count). The summed E-state index contributed by atoms with van der Waals surface area (Å²) in [5, 5.41) is 18.8. The van der Waals surface area contributed by atoms with Crippen molar-refractivity contribution >= 4 is 29.7 Å². The number of nitrogens with one attached hydrogen (secondary N) is 4. The van der Waals surface area contributed by atoms with Crippen LogP contribution < -0.4 is 32.7 Å². The third-order valence-corrected chi connectivity index (χ3v) is 4.03. The Morgan fingerprint density at radius 1 is 1.04 bits per heavy atom. The summed E-state index contributed by atoms with van der Waals surface area (Å²) < 4.78 is 0. The summed E-state index contributed by atoms with van der Waals surface area (Å²) in [5.41, 5.74) is 10.1. The van der Waals surface area contributed by atoms with Gasteiger partial charge in [0.05, 0.1) is 13.1 Å². The van der Waals surface area contributed by atoms with E-state index in [4.69, 9.17) is 11.5 Å². The van der Waals surface area contributed by atoms with Crippen molar-refractivity contribution in [3.63, 3.8) is 0 Å². The molecule has 0 saturated carbocycles. The maximum atomic E-state index is 12.5. The quantitative estimate of drug-likeness (QED) is 0.166. The van der Waals surface area contributed by atoms with Gasteiger partial charge in [-0.25, -0.2) is 9.59 Å². The molecule has 0 saturated heterocycles. The van der Waals surface area contributed by atoms with E-state index >= 15 is 0 Å². The van der Waals surface area contributed by atoms with E-state index in [2.05, 4.69) is 21.3 Å². The highest BCUT2D eigenvalue weighted by Crippen LogP contribution is 2.09. The molecule has 12 nitrogen and oxygen atoms in total. The molecule has 0 spiro atoms. The van der Waals surface area contributed by atoms with Gasteiger partial charge in [0, 0.05) is 6.54 Å². The zero-order valence-corrected chi connectivity index (χ0v) is 16.1. The van der Waals surface area contributed by atoms with E-state index in [9.17, 15) is 29.1 Å². The Hall–Kier alpha value is -2.89. The highest BCUT2D eigenvalue weighted by atomic mass is 16.4. The van der Waals surface area contributed by atoms with Crippen molar-refractivity contribution in [1.29, 1.82) is 0 Å². The smallest absolute Gasteiger partial charge is 0.326 e. The summed E-state index contributed by atoms with van der Waals surface area (Å²) in [5.74, 6) is -3.28. The molecule has 0 heterocycles. The lowest BCUT2D eigenvalue weighted by Crippen LogP contribution is -2.55. The first-order valence-corrected chi connectivity index (χ1v) is 8.94. The maximum absolute atomic E-state index is 12.5. The number of rotatable bonds is 13. The largest absolute Gasteiger partial charge is 0.480 e. The first-order valence-electron chi connectivity index (χ1n) is 8.94. The molecule has 0 unspecified atom stereocenters. The Kier molecular flexibility index (Phi) is 11.9. The average molecular weight is 402 g/mol. The fourth-order valence-corrected chi connectivity index (χ4v) is 2.21. The second-order valence-electron chi connectivity index (χ2n) is 6.24. The van der Waals surface area contributed by atoms with Crippen LogP contribution in [0.1, 0.15) is 33.1 Å². The molecule has 9 N–H and O–H groups in total. The van der Waals surface area contributed by atoms with Crippen LogP contribution in [-0.4, -0.2) is 66.5 Å². The van der Waals surface area contributed by atoms with E-state index < -0.39 is 41.8 Å². The van der Waals surface area contributed by atoms with Gasteiger partial charge in [-0.05, 0) is 18.8 Å². The van der Waals surface area contributed by atoms with Crippen LogP contribution in [0.25, 0.3) is 0 Å². The van der Waals surface area contributed by atoms with Crippen LogP contribution in [0.15, 0.2) is 0 Å². The molecule has 3 atom stereocenters. The zero-order chi connectivity index (χ0) is 21.7. The number of aliphatic carboxylic acids is 1. The molecule has 0 aromatic carbocycles. The molecule has 0 aliphatic heterocycles. The molecular weight excluding hydrogens is 372 g/mol. The predicted molar refractivity (Wildman–Crippen MR) is 99.8 cm³/mol. The Morgan fingerprint density at radius 3 is 2.18 bits per heavy atom. The lowest BCUT2D eigenvalue weighted by Gasteiger charge is -2.25. The number of amides is 5. The minimum Gasteiger partial charge on any atom is -0.480 e. The van der Waals surface area contributed by atoms with E-state index in [-0.39, 0.29) is 38.4 Å². The zero-order valence-electron chi connectivity index (χ0n) is 16.1. The molecular formula is C16H30N6O6. The van der Waals surface area contributed by atoms with Crippen LogP contribution in [0.5, 0.6) is 0 Å². The topological polar surface area (TPSA) is 206 Å². The van der Waals surface area contributed by atoms with Crippen LogP contribution in [0.4, 0.5) is 4.79 Å². The lowest BCUT2D eigenvalue weighted by molar-refractivity contribution is -0.142. The summed E-state index contributed by atoms with van der Waals surface area (Å²) in [6.45, 7) is 3.10. The van der Waals surface area contributed by atoms with Gasteiger partial charge in [-0.15, -0.1) is 0 Å². The Labute approximate surface area is 163 Å². The average Bonchev–Trinajstić information content (AvgIpc) is 2.65. The van der Waals surface area contributed by atoms with E-state index in [0.717, 1.165) is 0 Å². The van der Waals surface area contributed by atoms with Crippen LogP contribution in [0.3, 0.4) is 0 Å². The normalized spacial score (nSPS) is 13.5. The predicted octanol–water partition coefficient (Wildman–Crippen LogP) is -2.39. The number of hydrogen-bond acceptors (Lipinski definition) is 6. The van der Waals surface area contributed by atoms with Gasteiger partial charge in [0.25, 0.3) is 0 Å². The Balaban J connectivity index is 4.86. The van der Waals surface area contributed by atoms with Gasteiger partial charge in [0.2, 0.25) is 17.7 Å². The van der Waals surface area contributed by atoms with E-state index in [0.29, 0.717) is 6.42 Å². The van der Waals surface area contributed by atoms with Crippen molar-refractivity contribution < 1.29 is 29.1 Å². The standard InChI is InChI=1S/C16H30N6O6/c1-3-9(2)13(22-12(24)8-20-11(23)7-17)14(25)21-10(15(26)27)5-4-6-19-16(18)28/h9-10,13H,3-8,17H2,1-2H3,(H,20,23)(H,21,25)(H,22,24)(H,26,27)(H3,18,19,28)/t9-,10-,13-/m0/s1. The molecule has 0 aromatic rings. The number of nitrogens with two attached hydrogens (primary N) is 2. The summed E-state index contributed by atoms with van der Waals surface area (Å²) in [7, 11) is 0. The summed E-state index contributed by atoms with van der Waals surface area (Å²) in [4.78, 5) is 57.6. The van der Waals surface area contributed by atoms with E-state index in [1.807, 2.05) is 6.92 Å². The number of urea groups is 1.